The van der Waals surface area contributed by atoms with E-state index < -0.39 is 0 Å². The molecule has 0 spiro atoms. The van der Waals surface area contributed by atoms with Crippen LogP contribution in [-0.2, 0) is 0 Å². The van der Waals surface area contributed by atoms with Crippen LogP contribution >= 0.6 is 11.3 Å². The van der Waals surface area contributed by atoms with Crippen molar-refractivity contribution in [3.8, 4) is 0 Å². The van der Waals surface area contributed by atoms with Crippen LogP contribution in [-0.4, -0.2) is 17.7 Å². The zero-order valence-corrected chi connectivity index (χ0v) is 11.4. The molecule has 0 amide bonds. The Labute approximate surface area is 112 Å². The van der Waals surface area contributed by atoms with Gasteiger partial charge in [0.05, 0.1) is 0 Å². The molecule has 2 atom stereocenters. The molecule has 3 heteroatoms. The lowest BCUT2D eigenvalue weighted by atomic mass is 10.2. The summed E-state index contributed by atoms with van der Waals surface area (Å²) in [6.45, 7) is 2.87. The van der Waals surface area contributed by atoms with Gasteiger partial charge in [0, 0.05) is 22.2 Å². The fourth-order valence-electron chi connectivity index (χ4n) is 2.33. The summed E-state index contributed by atoms with van der Waals surface area (Å²) in [5.74, 6) is 0.833. The van der Waals surface area contributed by atoms with Gasteiger partial charge in [-0.25, -0.2) is 0 Å². The summed E-state index contributed by atoms with van der Waals surface area (Å²) in [6.07, 6.45) is 2.30. The first-order valence-electron chi connectivity index (χ1n) is 6.64. The van der Waals surface area contributed by atoms with Gasteiger partial charge in [-0.2, -0.15) is 0 Å². The molecule has 1 aliphatic rings. The molecule has 1 fully saturated rings. The zero-order valence-electron chi connectivity index (χ0n) is 10.6. The summed E-state index contributed by atoms with van der Waals surface area (Å²) in [7, 11) is 0. The van der Waals surface area contributed by atoms with Crippen LogP contribution in [0.2, 0.25) is 0 Å². The van der Waals surface area contributed by atoms with Crippen molar-refractivity contribution in [3.05, 3.63) is 35.2 Å². The van der Waals surface area contributed by atoms with E-state index in [-0.39, 0.29) is 6.10 Å². The Kier molecular flexibility index (Phi) is 3.37. The lowest BCUT2D eigenvalue weighted by Crippen LogP contribution is -2.31. The maximum atomic E-state index is 10.2. The van der Waals surface area contributed by atoms with Crippen molar-refractivity contribution in [2.24, 2.45) is 5.92 Å². The minimum atomic E-state index is -0.386. The molecule has 18 heavy (non-hydrogen) atoms. The minimum absolute atomic E-state index is 0.386. The standard InChI is InChI=1S/C15H19NOS/c1-10(11-6-7-11)16-9-13(17)15-8-12-4-2-3-5-14(12)18-15/h2-5,8,10-11,13,16-17H,6-7,9H2,1H3. The highest BCUT2D eigenvalue weighted by atomic mass is 32.1. The third-order valence-corrected chi connectivity index (χ3v) is 4.95. The van der Waals surface area contributed by atoms with Crippen molar-refractivity contribution >= 4 is 21.4 Å². The van der Waals surface area contributed by atoms with Gasteiger partial charge < -0.3 is 10.4 Å². The van der Waals surface area contributed by atoms with E-state index in [0.29, 0.717) is 12.6 Å². The van der Waals surface area contributed by atoms with Crippen LogP contribution < -0.4 is 5.32 Å². The number of aliphatic hydroxyl groups excluding tert-OH is 1. The number of thiophene rings is 1. The Morgan fingerprint density at radius 2 is 2.17 bits per heavy atom. The van der Waals surface area contributed by atoms with Gasteiger partial charge >= 0.3 is 0 Å². The van der Waals surface area contributed by atoms with Crippen LogP contribution in [0.4, 0.5) is 0 Å². The van der Waals surface area contributed by atoms with Gasteiger partial charge in [0.15, 0.2) is 0 Å². The molecule has 1 saturated carbocycles. The molecule has 1 aromatic carbocycles. The molecular formula is C15H19NOS. The SMILES string of the molecule is CC(NCC(O)c1cc2ccccc2s1)C1CC1. The van der Waals surface area contributed by atoms with Crippen molar-refractivity contribution in [1.29, 1.82) is 0 Å². The lowest BCUT2D eigenvalue weighted by molar-refractivity contribution is 0.173. The highest BCUT2D eigenvalue weighted by molar-refractivity contribution is 7.19. The summed E-state index contributed by atoms with van der Waals surface area (Å²) in [4.78, 5) is 1.06. The highest BCUT2D eigenvalue weighted by Gasteiger charge is 2.27. The molecule has 0 radical (unpaired) electrons. The third kappa shape index (κ3) is 2.58. The predicted molar refractivity (Wildman–Crippen MR) is 77.0 cm³/mol. The molecule has 2 nitrogen and oxygen atoms in total. The number of hydrogen-bond donors (Lipinski definition) is 2. The third-order valence-electron chi connectivity index (χ3n) is 3.74. The first-order chi connectivity index (χ1) is 8.74. The Morgan fingerprint density at radius 1 is 1.39 bits per heavy atom. The number of aliphatic hydroxyl groups is 1. The van der Waals surface area contributed by atoms with E-state index in [1.807, 2.05) is 12.1 Å². The second-order valence-electron chi connectivity index (χ2n) is 5.24. The molecule has 3 rings (SSSR count). The molecule has 0 saturated heterocycles. The van der Waals surface area contributed by atoms with E-state index in [1.54, 1.807) is 11.3 Å². The zero-order chi connectivity index (χ0) is 12.5. The summed E-state index contributed by atoms with van der Waals surface area (Å²) in [5.41, 5.74) is 0. The van der Waals surface area contributed by atoms with Crippen molar-refractivity contribution in [3.63, 3.8) is 0 Å². The average Bonchev–Trinajstić information content (AvgIpc) is 3.14. The quantitative estimate of drug-likeness (QED) is 0.865. The monoisotopic (exact) mass is 261 g/mol. The van der Waals surface area contributed by atoms with Crippen LogP contribution in [0.1, 0.15) is 30.7 Å². The minimum Gasteiger partial charge on any atom is -0.386 e. The molecule has 0 bridgehead atoms. The maximum absolute atomic E-state index is 10.2. The number of nitrogens with one attached hydrogen (secondary N) is 1. The predicted octanol–water partition coefficient (Wildman–Crippen LogP) is 3.32. The van der Waals surface area contributed by atoms with Gasteiger partial charge in [-0.1, -0.05) is 18.2 Å². The van der Waals surface area contributed by atoms with Crippen molar-refractivity contribution in [2.45, 2.75) is 31.9 Å². The fraction of sp³-hybridized carbons (Fsp3) is 0.467. The van der Waals surface area contributed by atoms with Gasteiger partial charge in [0.1, 0.15) is 6.10 Å². The van der Waals surface area contributed by atoms with Crippen LogP contribution in [0.3, 0.4) is 0 Å². The Morgan fingerprint density at radius 3 is 2.89 bits per heavy atom. The Hall–Kier alpha value is -0.900. The Balaban J connectivity index is 1.65. The van der Waals surface area contributed by atoms with E-state index in [2.05, 4.69) is 30.4 Å². The fourth-order valence-corrected chi connectivity index (χ4v) is 3.38. The number of benzene rings is 1. The Bertz CT molecular complexity index is 499. The molecule has 0 aliphatic heterocycles. The van der Waals surface area contributed by atoms with Crippen molar-refractivity contribution in [1.82, 2.24) is 5.32 Å². The van der Waals surface area contributed by atoms with Crippen LogP contribution in [0.15, 0.2) is 30.3 Å². The van der Waals surface area contributed by atoms with E-state index in [0.717, 1.165) is 10.8 Å². The number of rotatable bonds is 5. The summed E-state index contributed by atoms with van der Waals surface area (Å²) < 4.78 is 1.25. The van der Waals surface area contributed by atoms with E-state index in [9.17, 15) is 5.11 Å². The molecule has 1 aliphatic carbocycles. The van der Waals surface area contributed by atoms with Crippen molar-refractivity contribution < 1.29 is 5.11 Å². The second-order valence-corrected chi connectivity index (χ2v) is 6.35. The molecule has 2 N–H and O–H groups in total. The van der Waals surface area contributed by atoms with E-state index >= 15 is 0 Å². The lowest BCUT2D eigenvalue weighted by Gasteiger charge is -2.15. The normalized spacial score (nSPS) is 19.0. The summed E-state index contributed by atoms with van der Waals surface area (Å²) in [6, 6.07) is 10.9. The highest BCUT2D eigenvalue weighted by Crippen LogP contribution is 2.33. The van der Waals surface area contributed by atoms with E-state index in [1.165, 1.54) is 22.9 Å². The van der Waals surface area contributed by atoms with Crippen molar-refractivity contribution in [2.75, 3.05) is 6.54 Å². The number of hydrogen-bond acceptors (Lipinski definition) is 3. The van der Waals surface area contributed by atoms with Crippen LogP contribution in [0.25, 0.3) is 10.1 Å². The molecule has 2 aromatic rings. The topological polar surface area (TPSA) is 32.3 Å². The summed E-state index contributed by atoms with van der Waals surface area (Å²) in [5, 5.41) is 14.9. The number of fused-ring (bicyclic) bond motifs is 1. The first-order valence-corrected chi connectivity index (χ1v) is 7.45. The van der Waals surface area contributed by atoms with Crippen LogP contribution in [0.5, 0.6) is 0 Å². The largest absolute Gasteiger partial charge is 0.386 e. The smallest absolute Gasteiger partial charge is 0.101 e. The molecule has 1 aromatic heterocycles. The van der Waals surface area contributed by atoms with Gasteiger partial charge in [-0.3, -0.25) is 0 Å². The first kappa shape index (κ1) is 12.2. The van der Waals surface area contributed by atoms with Crippen LogP contribution in [0, 0.1) is 5.92 Å². The van der Waals surface area contributed by atoms with Gasteiger partial charge in [0.2, 0.25) is 0 Å². The van der Waals surface area contributed by atoms with Gasteiger partial charge in [0.25, 0.3) is 0 Å². The second kappa shape index (κ2) is 5.00. The van der Waals surface area contributed by atoms with E-state index in [4.69, 9.17) is 0 Å². The van der Waals surface area contributed by atoms with Gasteiger partial charge in [-0.15, -0.1) is 11.3 Å². The summed E-state index contributed by atoms with van der Waals surface area (Å²) >= 11 is 1.69. The molecule has 96 valence electrons. The van der Waals surface area contributed by atoms with Gasteiger partial charge in [-0.05, 0) is 43.2 Å². The molecule has 1 heterocycles. The average molecular weight is 261 g/mol. The molecular weight excluding hydrogens is 242 g/mol. The maximum Gasteiger partial charge on any atom is 0.101 e. The molecule has 2 unspecified atom stereocenters.